The number of aliphatic hydroxyl groups is 3. The lowest BCUT2D eigenvalue weighted by molar-refractivity contribution is -0.153. The van der Waals surface area contributed by atoms with Gasteiger partial charge in [-0.3, -0.25) is 33.2 Å². The summed E-state index contributed by atoms with van der Waals surface area (Å²) in [7, 11) is 1.89. The van der Waals surface area contributed by atoms with Gasteiger partial charge in [-0.25, -0.2) is 0 Å². The number of amides is 2. The molecule has 4 rings (SSSR count). The predicted octanol–water partition coefficient (Wildman–Crippen LogP) is 0.0991. The molecule has 0 spiro atoms. The van der Waals surface area contributed by atoms with E-state index in [-0.39, 0.29) is 29.7 Å². The van der Waals surface area contributed by atoms with Gasteiger partial charge < -0.3 is 36.4 Å². The van der Waals surface area contributed by atoms with E-state index in [1.807, 2.05) is 0 Å². The van der Waals surface area contributed by atoms with E-state index in [1.165, 1.54) is 4.90 Å². The number of ketones is 2. The van der Waals surface area contributed by atoms with Gasteiger partial charge in [-0.05, 0) is 51.4 Å². The van der Waals surface area contributed by atoms with Gasteiger partial charge in [-0.15, -0.1) is 0 Å². The summed E-state index contributed by atoms with van der Waals surface area (Å²) >= 11 is 3.16. The van der Waals surface area contributed by atoms with Crippen LogP contribution >= 0.6 is 15.9 Å². The molecular formula is C26H33BrN4O12S. The summed E-state index contributed by atoms with van der Waals surface area (Å²) in [5, 5.41) is 47.8. The molecule has 3 aliphatic carbocycles. The lowest BCUT2D eigenvalue weighted by Gasteiger charge is -2.50. The Morgan fingerprint density at radius 1 is 1.14 bits per heavy atom. The van der Waals surface area contributed by atoms with Crippen LogP contribution in [0.4, 0.5) is 11.4 Å². The van der Waals surface area contributed by atoms with Crippen LogP contribution in [0.5, 0.6) is 5.75 Å². The van der Waals surface area contributed by atoms with Crippen LogP contribution in [0.3, 0.4) is 0 Å². The van der Waals surface area contributed by atoms with Crippen LogP contribution in [-0.2, 0) is 36.0 Å². The number of aliphatic hydroxyl groups excluding tert-OH is 2. The third kappa shape index (κ3) is 6.04. The first-order valence-corrected chi connectivity index (χ1v) is 15.2. The molecule has 0 bridgehead atoms. The van der Waals surface area contributed by atoms with Gasteiger partial charge >= 0.3 is 10.4 Å². The van der Waals surface area contributed by atoms with Gasteiger partial charge in [0.1, 0.15) is 22.8 Å². The van der Waals surface area contributed by atoms with Crippen LogP contribution in [0.15, 0.2) is 23.0 Å². The molecule has 0 aromatic heterocycles. The first-order valence-electron chi connectivity index (χ1n) is 12.9. The molecule has 3 aliphatic rings. The minimum absolute atomic E-state index is 0.00566. The Hall–Kier alpha value is -3.55. The van der Waals surface area contributed by atoms with E-state index in [9.17, 15) is 39.6 Å². The Morgan fingerprint density at radius 2 is 1.68 bits per heavy atom. The fraction of sp³-hybridized carbons (Fsp3) is 0.462. The Kier molecular flexibility index (Phi) is 9.60. The van der Waals surface area contributed by atoms with Crippen molar-refractivity contribution in [1.29, 1.82) is 0 Å². The summed E-state index contributed by atoms with van der Waals surface area (Å²) in [4.78, 5) is 54.2. The zero-order valence-corrected chi connectivity index (χ0v) is 26.6. The van der Waals surface area contributed by atoms with Crippen molar-refractivity contribution in [3.8, 4) is 5.75 Å². The maximum absolute atomic E-state index is 14.0. The van der Waals surface area contributed by atoms with Crippen molar-refractivity contribution in [1.82, 2.24) is 4.90 Å². The molecule has 5 atom stereocenters. The first kappa shape index (κ1) is 34.9. The second kappa shape index (κ2) is 12.1. The molecule has 0 saturated heterocycles. The van der Waals surface area contributed by atoms with Gasteiger partial charge in [0.25, 0.3) is 5.91 Å². The standard InChI is InChI=1S/C26H31BrN4O8.H2O4S/c1-9(27)25(38)29-13-8-14(30(2)3)11-6-10-7-12-18(31(4)5)21(34)17(24(28)37)23(36)26(12,39)22(35)15(10)20(33)16(11)19(13)32;1-5(2,3)4/h8-10,12,18,32-33,36,39H,6-7H2,1-5H3,(H2,28,37)(H,29,38);(H2,1,2,3,4)/t9?,10?,12?,18-,26-;/m0./s1. The molecule has 1 fully saturated rings. The normalized spacial score (nSPS) is 25.4. The number of phenols is 1. The number of nitrogens with two attached hydrogens (primary N) is 1. The molecule has 1 aromatic carbocycles. The summed E-state index contributed by atoms with van der Waals surface area (Å²) in [6.07, 6.45) is 0.123. The fourth-order valence-electron chi connectivity index (χ4n) is 6.02. The highest BCUT2D eigenvalue weighted by Gasteiger charge is 2.64. The highest BCUT2D eigenvalue weighted by atomic mass is 79.9. The zero-order chi connectivity index (χ0) is 33.8. The van der Waals surface area contributed by atoms with Crippen LogP contribution in [0.1, 0.15) is 24.5 Å². The lowest BCUT2D eigenvalue weighted by atomic mass is 9.57. The number of primary amides is 1. The molecule has 9 N–H and O–H groups in total. The van der Waals surface area contributed by atoms with Crippen LogP contribution in [0.2, 0.25) is 0 Å². The van der Waals surface area contributed by atoms with Gasteiger partial charge in [-0.2, -0.15) is 8.42 Å². The molecule has 3 unspecified atom stereocenters. The number of fused-ring (bicyclic) bond motifs is 3. The summed E-state index contributed by atoms with van der Waals surface area (Å²) in [6, 6.07) is 0.397. The number of benzene rings is 1. The number of nitrogens with one attached hydrogen (secondary N) is 1. The highest BCUT2D eigenvalue weighted by Crippen LogP contribution is 2.54. The maximum Gasteiger partial charge on any atom is 0.394 e. The second-order valence-corrected chi connectivity index (χ2v) is 13.3. The van der Waals surface area contributed by atoms with E-state index < -0.39 is 84.9 Å². The number of hydrogen-bond donors (Lipinski definition) is 8. The molecule has 16 nitrogen and oxygen atoms in total. The third-order valence-corrected chi connectivity index (χ3v) is 8.21. The van der Waals surface area contributed by atoms with Gasteiger partial charge in [0.15, 0.2) is 11.4 Å². The number of likely N-dealkylation sites (N-methyl/N-ethyl adjacent to an activating group) is 1. The van der Waals surface area contributed by atoms with E-state index >= 15 is 0 Å². The quantitative estimate of drug-likeness (QED) is 0.0874. The number of anilines is 2. The van der Waals surface area contributed by atoms with Gasteiger partial charge in [0.05, 0.1) is 22.1 Å². The molecule has 1 saturated carbocycles. The van der Waals surface area contributed by atoms with Crippen molar-refractivity contribution < 1.29 is 57.1 Å². The van der Waals surface area contributed by atoms with Gasteiger partial charge in [0, 0.05) is 31.3 Å². The smallest absolute Gasteiger partial charge is 0.394 e. The molecular weight excluding hydrogens is 672 g/mol. The molecule has 0 radical (unpaired) electrons. The molecule has 242 valence electrons. The highest BCUT2D eigenvalue weighted by molar-refractivity contribution is 9.10. The number of hydrogen-bond acceptors (Lipinski definition) is 12. The molecule has 18 heteroatoms. The largest absolute Gasteiger partial charge is 0.508 e. The summed E-state index contributed by atoms with van der Waals surface area (Å²) in [6.45, 7) is 1.59. The van der Waals surface area contributed by atoms with Crippen molar-refractivity contribution in [3.05, 3.63) is 34.1 Å². The molecule has 0 aliphatic heterocycles. The number of Topliss-reactive ketones (excluding diaryl/α,β-unsaturated/α-hetero) is 2. The maximum atomic E-state index is 14.0. The Bertz CT molecular complexity index is 1610. The van der Waals surface area contributed by atoms with Crippen LogP contribution in [0.25, 0.3) is 5.76 Å². The van der Waals surface area contributed by atoms with E-state index in [1.54, 1.807) is 46.1 Å². The van der Waals surface area contributed by atoms with Gasteiger partial charge in [0.2, 0.25) is 11.7 Å². The second-order valence-electron chi connectivity index (χ2n) is 11.1. The van der Waals surface area contributed by atoms with Crippen LogP contribution in [0, 0.1) is 11.8 Å². The van der Waals surface area contributed by atoms with Crippen molar-refractivity contribution in [2.24, 2.45) is 17.6 Å². The van der Waals surface area contributed by atoms with Crippen molar-refractivity contribution in [2.45, 2.75) is 36.2 Å². The Labute approximate surface area is 260 Å². The minimum atomic E-state index is -4.67. The zero-order valence-electron chi connectivity index (χ0n) is 24.2. The number of alkyl halides is 1. The SMILES string of the molecule is CC(Br)C(=O)Nc1cc(N(C)C)c2c(c1O)C(O)=C1C(=O)[C@]3(O)C(O)=C(C(N)=O)C(=O)[C@@H](N(C)C)C3CC1C2.O=S(=O)(O)O. The van der Waals surface area contributed by atoms with E-state index in [0.717, 1.165) is 0 Å². The molecule has 1 aromatic rings. The Morgan fingerprint density at radius 3 is 2.14 bits per heavy atom. The minimum Gasteiger partial charge on any atom is -0.508 e. The van der Waals surface area contributed by atoms with E-state index in [2.05, 4.69) is 21.2 Å². The van der Waals surface area contributed by atoms with Crippen molar-refractivity contribution >= 4 is 66.8 Å². The number of phenolic OH excluding ortho intramolecular Hbond substituents is 1. The number of nitrogens with zero attached hydrogens (tertiary/aromatic N) is 2. The number of aromatic hydroxyl groups is 1. The lowest BCUT2D eigenvalue weighted by Crippen LogP contribution is -2.65. The number of rotatable bonds is 5. The van der Waals surface area contributed by atoms with Crippen LogP contribution < -0.4 is 16.0 Å². The summed E-state index contributed by atoms with van der Waals surface area (Å²) in [5.41, 5.74) is 2.43. The topological polar surface area (TPSA) is 268 Å². The Balaban J connectivity index is 0.000000978. The third-order valence-electron chi connectivity index (χ3n) is 7.80. The summed E-state index contributed by atoms with van der Waals surface area (Å²) in [5.74, 6) is -7.79. The molecule has 2 amide bonds. The average molecular weight is 706 g/mol. The van der Waals surface area contributed by atoms with E-state index in [4.69, 9.17) is 23.3 Å². The average Bonchev–Trinajstić information content (AvgIpc) is 2.86. The van der Waals surface area contributed by atoms with Gasteiger partial charge in [-0.1, -0.05) is 15.9 Å². The summed E-state index contributed by atoms with van der Waals surface area (Å²) < 4.78 is 31.6. The number of carbonyl (C=O) groups is 4. The fourth-order valence-corrected chi connectivity index (χ4v) is 6.13. The molecule has 44 heavy (non-hydrogen) atoms. The molecule has 0 heterocycles. The predicted molar refractivity (Wildman–Crippen MR) is 160 cm³/mol. The van der Waals surface area contributed by atoms with E-state index in [0.29, 0.717) is 11.3 Å². The van der Waals surface area contributed by atoms with Crippen LogP contribution in [-0.4, -0.2) is 111 Å². The van der Waals surface area contributed by atoms with Crippen molar-refractivity contribution in [3.63, 3.8) is 0 Å². The first-order chi connectivity index (χ1) is 20.0. The number of carbonyl (C=O) groups excluding carboxylic acids is 4. The van der Waals surface area contributed by atoms with Crippen molar-refractivity contribution in [2.75, 3.05) is 38.4 Å². The number of halogens is 1. The monoisotopic (exact) mass is 704 g/mol.